The molecule has 8 nitrogen and oxygen atoms in total. The molecule has 2 N–H and O–H groups in total. The number of rotatable bonds is 5. The standard InChI is InChI=1S/C23H15ClFN5O3/c1-12-2-7-16(8-17(12)22(31)32)33-23-27-19-9-18(24)20(28-21(19)29-23)13-10-26-30(11-13)15-5-3-14(25)4-6-15/h2-11H,1H3,(H,31,32)(H,27,28,29). The predicted octanol–water partition coefficient (Wildman–Crippen LogP) is 5.40. The number of nitrogens with one attached hydrogen (secondary N) is 1. The van der Waals surface area contributed by atoms with Crippen LogP contribution in [-0.4, -0.2) is 35.8 Å². The molecule has 0 amide bonds. The quantitative estimate of drug-likeness (QED) is 0.361. The van der Waals surface area contributed by atoms with Crippen LogP contribution in [0.4, 0.5) is 4.39 Å². The second-order valence-corrected chi connectivity index (χ2v) is 7.67. The van der Waals surface area contributed by atoms with E-state index in [1.54, 1.807) is 54.3 Å². The summed E-state index contributed by atoms with van der Waals surface area (Å²) in [6, 6.07) is 12.5. The Morgan fingerprint density at radius 2 is 1.94 bits per heavy atom. The van der Waals surface area contributed by atoms with Crippen LogP contribution in [0.2, 0.25) is 5.02 Å². The average molecular weight is 464 g/mol. The lowest BCUT2D eigenvalue weighted by Crippen LogP contribution is -2.00. The van der Waals surface area contributed by atoms with Gasteiger partial charge in [-0.05, 0) is 55.0 Å². The van der Waals surface area contributed by atoms with Crippen molar-refractivity contribution in [1.29, 1.82) is 0 Å². The van der Waals surface area contributed by atoms with Crippen molar-refractivity contribution in [2.75, 3.05) is 0 Å². The molecule has 0 atom stereocenters. The molecule has 33 heavy (non-hydrogen) atoms. The van der Waals surface area contributed by atoms with E-state index >= 15 is 0 Å². The molecule has 0 radical (unpaired) electrons. The van der Waals surface area contributed by atoms with Gasteiger partial charge in [0, 0.05) is 11.8 Å². The fraction of sp³-hybridized carbons (Fsp3) is 0.0435. The van der Waals surface area contributed by atoms with Gasteiger partial charge in [-0.25, -0.2) is 18.9 Å². The predicted molar refractivity (Wildman–Crippen MR) is 120 cm³/mol. The number of ether oxygens (including phenoxy) is 1. The minimum Gasteiger partial charge on any atom is -0.478 e. The van der Waals surface area contributed by atoms with Gasteiger partial charge < -0.3 is 14.8 Å². The molecule has 0 aliphatic heterocycles. The normalized spacial score (nSPS) is 11.1. The number of benzene rings is 2. The molecule has 3 aromatic heterocycles. The van der Waals surface area contributed by atoms with Crippen LogP contribution in [-0.2, 0) is 0 Å². The van der Waals surface area contributed by atoms with Crippen molar-refractivity contribution >= 4 is 28.7 Å². The van der Waals surface area contributed by atoms with E-state index in [0.717, 1.165) is 0 Å². The van der Waals surface area contributed by atoms with E-state index in [4.69, 9.17) is 16.3 Å². The van der Waals surface area contributed by atoms with Gasteiger partial charge in [0.1, 0.15) is 11.6 Å². The first-order chi connectivity index (χ1) is 15.9. The Bertz CT molecular complexity index is 1510. The molecule has 0 bridgehead atoms. The molecule has 3 heterocycles. The summed E-state index contributed by atoms with van der Waals surface area (Å²) in [6.07, 6.45) is 3.34. The first kappa shape index (κ1) is 20.7. The third-order valence-corrected chi connectivity index (χ3v) is 5.29. The van der Waals surface area contributed by atoms with Gasteiger partial charge in [-0.3, -0.25) is 0 Å². The van der Waals surface area contributed by atoms with Gasteiger partial charge in [-0.1, -0.05) is 17.7 Å². The van der Waals surface area contributed by atoms with Gasteiger partial charge in [0.05, 0.1) is 33.7 Å². The van der Waals surface area contributed by atoms with Crippen molar-refractivity contribution in [2.45, 2.75) is 6.92 Å². The van der Waals surface area contributed by atoms with Gasteiger partial charge in [0.15, 0.2) is 5.65 Å². The van der Waals surface area contributed by atoms with Crippen LogP contribution >= 0.6 is 11.6 Å². The number of imidazole rings is 1. The summed E-state index contributed by atoms with van der Waals surface area (Å²) in [5.74, 6) is -1.05. The number of hydrogen-bond acceptors (Lipinski definition) is 5. The van der Waals surface area contributed by atoms with Gasteiger partial charge in [-0.2, -0.15) is 10.1 Å². The molecule has 0 spiro atoms. The van der Waals surface area contributed by atoms with Crippen LogP contribution in [0.25, 0.3) is 28.1 Å². The molecule has 2 aromatic carbocycles. The molecule has 0 fully saturated rings. The van der Waals surface area contributed by atoms with Crippen LogP contribution in [0.15, 0.2) is 60.9 Å². The number of carboxylic acids is 1. The number of hydrogen-bond donors (Lipinski definition) is 2. The fourth-order valence-electron chi connectivity index (χ4n) is 3.33. The van der Waals surface area contributed by atoms with Gasteiger partial charge >= 0.3 is 12.0 Å². The lowest BCUT2D eigenvalue weighted by atomic mass is 10.1. The third kappa shape index (κ3) is 4.01. The number of aromatic carboxylic acids is 1. The van der Waals surface area contributed by atoms with E-state index in [9.17, 15) is 14.3 Å². The number of aromatic nitrogens is 5. The number of aryl methyl sites for hydroxylation is 1. The second-order valence-electron chi connectivity index (χ2n) is 7.27. The van der Waals surface area contributed by atoms with Crippen molar-refractivity contribution in [1.82, 2.24) is 24.7 Å². The van der Waals surface area contributed by atoms with Crippen molar-refractivity contribution < 1.29 is 19.0 Å². The summed E-state index contributed by atoms with van der Waals surface area (Å²) >= 11 is 6.45. The van der Waals surface area contributed by atoms with Gasteiger partial charge in [0.2, 0.25) is 0 Å². The highest BCUT2D eigenvalue weighted by atomic mass is 35.5. The first-order valence-corrected chi connectivity index (χ1v) is 10.1. The topological polar surface area (TPSA) is 106 Å². The number of carboxylic acid groups (broad SMARTS) is 1. The molecule has 0 aliphatic carbocycles. The maximum Gasteiger partial charge on any atom is 0.336 e. The molecular formula is C23H15ClFN5O3. The number of aromatic amines is 1. The monoisotopic (exact) mass is 463 g/mol. The number of nitrogens with zero attached hydrogens (tertiary/aromatic N) is 4. The maximum absolute atomic E-state index is 13.2. The molecule has 0 unspecified atom stereocenters. The van der Waals surface area contributed by atoms with Crippen LogP contribution in [0.5, 0.6) is 11.8 Å². The largest absolute Gasteiger partial charge is 0.478 e. The van der Waals surface area contributed by atoms with E-state index in [2.05, 4.69) is 20.1 Å². The summed E-state index contributed by atoms with van der Waals surface area (Å²) in [6.45, 7) is 1.71. The molecule has 0 saturated heterocycles. The first-order valence-electron chi connectivity index (χ1n) is 9.76. The number of carbonyl (C=O) groups is 1. The molecule has 5 aromatic rings. The molecular weight excluding hydrogens is 449 g/mol. The highest BCUT2D eigenvalue weighted by molar-refractivity contribution is 6.33. The summed E-state index contributed by atoms with van der Waals surface area (Å²) < 4.78 is 20.5. The molecule has 0 aliphatic rings. The number of pyridine rings is 1. The summed E-state index contributed by atoms with van der Waals surface area (Å²) in [4.78, 5) is 23.2. The van der Waals surface area contributed by atoms with Crippen LogP contribution in [0.3, 0.4) is 0 Å². The fourth-order valence-corrected chi connectivity index (χ4v) is 3.59. The van der Waals surface area contributed by atoms with Crippen LogP contribution in [0.1, 0.15) is 15.9 Å². The molecule has 5 rings (SSSR count). The maximum atomic E-state index is 13.2. The van der Waals surface area contributed by atoms with Gasteiger partial charge in [-0.15, -0.1) is 0 Å². The summed E-state index contributed by atoms with van der Waals surface area (Å²) in [5.41, 5.74) is 3.50. The Hall–Kier alpha value is -4.24. The van der Waals surface area contributed by atoms with Crippen LogP contribution in [0, 0.1) is 12.7 Å². The second kappa shape index (κ2) is 8.03. The highest BCUT2D eigenvalue weighted by Gasteiger charge is 2.15. The summed E-state index contributed by atoms with van der Waals surface area (Å²) in [5, 5.41) is 14.0. The van der Waals surface area contributed by atoms with E-state index in [-0.39, 0.29) is 17.4 Å². The zero-order chi connectivity index (χ0) is 23.1. The zero-order valence-electron chi connectivity index (χ0n) is 17.1. The average Bonchev–Trinajstić information content (AvgIpc) is 3.41. The molecule has 0 saturated carbocycles. The Kier molecular flexibility index (Phi) is 5.02. The highest BCUT2D eigenvalue weighted by Crippen LogP contribution is 2.31. The molecule has 164 valence electrons. The minimum absolute atomic E-state index is 0.144. The van der Waals surface area contributed by atoms with Crippen molar-refractivity contribution in [3.8, 4) is 28.7 Å². The Balaban J connectivity index is 1.46. The Morgan fingerprint density at radius 3 is 2.70 bits per heavy atom. The van der Waals surface area contributed by atoms with E-state index in [1.807, 2.05) is 0 Å². The lowest BCUT2D eigenvalue weighted by molar-refractivity contribution is 0.0695. The minimum atomic E-state index is -1.04. The van der Waals surface area contributed by atoms with Crippen LogP contribution < -0.4 is 4.74 Å². The SMILES string of the molecule is Cc1ccc(Oc2nc3nc(-c4cnn(-c5ccc(F)cc5)c4)c(Cl)cc3[nH]2)cc1C(=O)O. The smallest absolute Gasteiger partial charge is 0.336 e. The van der Waals surface area contributed by atoms with E-state index in [0.29, 0.717) is 44.4 Å². The number of halogens is 2. The Labute approximate surface area is 191 Å². The number of H-pyrrole nitrogens is 1. The van der Waals surface area contributed by atoms with Crippen molar-refractivity contribution in [2.24, 2.45) is 0 Å². The molecule has 10 heteroatoms. The number of fused-ring (bicyclic) bond motifs is 1. The van der Waals surface area contributed by atoms with Crippen molar-refractivity contribution in [3.05, 3.63) is 82.9 Å². The van der Waals surface area contributed by atoms with Gasteiger partial charge in [0.25, 0.3) is 0 Å². The van der Waals surface area contributed by atoms with E-state index in [1.165, 1.54) is 18.2 Å². The Morgan fingerprint density at radius 1 is 1.15 bits per heavy atom. The van der Waals surface area contributed by atoms with Crippen molar-refractivity contribution in [3.63, 3.8) is 0 Å². The lowest BCUT2D eigenvalue weighted by Gasteiger charge is -2.05. The van der Waals surface area contributed by atoms with E-state index < -0.39 is 5.97 Å². The third-order valence-electron chi connectivity index (χ3n) is 5.01. The summed E-state index contributed by atoms with van der Waals surface area (Å²) in [7, 11) is 0. The zero-order valence-corrected chi connectivity index (χ0v) is 17.8.